The summed E-state index contributed by atoms with van der Waals surface area (Å²) in [7, 11) is 0. The molecule has 0 aliphatic heterocycles. The third-order valence-electron chi connectivity index (χ3n) is 5.17. The van der Waals surface area contributed by atoms with Gasteiger partial charge in [-0.1, -0.05) is 22.9 Å². The van der Waals surface area contributed by atoms with Gasteiger partial charge in [0.1, 0.15) is 4.88 Å². The van der Waals surface area contributed by atoms with Gasteiger partial charge in [0.25, 0.3) is 5.91 Å². The Balaban J connectivity index is 1.50. The number of amides is 1. The molecule has 1 amide bonds. The van der Waals surface area contributed by atoms with Gasteiger partial charge in [0.2, 0.25) is 0 Å². The summed E-state index contributed by atoms with van der Waals surface area (Å²) in [6.07, 6.45) is 6.92. The van der Waals surface area contributed by atoms with E-state index in [4.69, 9.17) is 11.6 Å². The number of rotatable bonds is 2. The van der Waals surface area contributed by atoms with E-state index < -0.39 is 0 Å². The summed E-state index contributed by atoms with van der Waals surface area (Å²) in [5.41, 5.74) is 0. The van der Waals surface area contributed by atoms with E-state index in [-0.39, 0.29) is 5.91 Å². The molecule has 96 valence electrons. The topological polar surface area (TPSA) is 42.0 Å². The lowest BCUT2D eigenvalue weighted by atomic mass is 9.46. The van der Waals surface area contributed by atoms with Crippen LogP contribution in [0.15, 0.2) is 6.20 Å². The molecule has 4 fully saturated rings. The third kappa shape index (κ3) is 1.55. The molecule has 4 aliphatic rings. The normalized spacial score (nSPS) is 40.4. The number of hydrogen-bond donors (Lipinski definition) is 1. The SMILES string of the molecule is O=C(NC1C2CCC3C(C2)CC31)c1cnc(Cl)s1. The third-order valence-corrected chi connectivity index (χ3v) is 6.29. The fraction of sp³-hybridized carbons (Fsp3) is 0.692. The van der Waals surface area contributed by atoms with Gasteiger partial charge in [-0.15, -0.1) is 0 Å². The van der Waals surface area contributed by atoms with Crippen molar-refractivity contribution < 1.29 is 4.79 Å². The number of fused-ring (bicyclic) bond motifs is 1. The summed E-state index contributed by atoms with van der Waals surface area (Å²) in [5, 5.41) is 3.24. The highest BCUT2D eigenvalue weighted by Crippen LogP contribution is 2.59. The summed E-state index contributed by atoms with van der Waals surface area (Å²) in [6, 6.07) is 0.405. The number of halogens is 1. The number of nitrogens with zero attached hydrogens (tertiary/aromatic N) is 1. The molecule has 5 atom stereocenters. The zero-order valence-electron chi connectivity index (χ0n) is 9.93. The van der Waals surface area contributed by atoms with Gasteiger partial charge in [-0.05, 0) is 49.4 Å². The average Bonchev–Trinajstić information content (AvgIpc) is 2.76. The second-order valence-electron chi connectivity index (χ2n) is 5.87. The lowest BCUT2D eigenvalue weighted by Gasteiger charge is -2.61. The first kappa shape index (κ1) is 11.2. The van der Waals surface area contributed by atoms with Crippen molar-refractivity contribution in [2.45, 2.75) is 31.7 Å². The van der Waals surface area contributed by atoms with Crippen molar-refractivity contribution in [1.82, 2.24) is 10.3 Å². The lowest BCUT2D eigenvalue weighted by Crippen LogP contribution is -2.62. The van der Waals surface area contributed by atoms with Crippen molar-refractivity contribution in [1.29, 1.82) is 0 Å². The Morgan fingerprint density at radius 1 is 1.33 bits per heavy atom. The largest absolute Gasteiger partial charge is 0.348 e. The smallest absolute Gasteiger partial charge is 0.263 e. The van der Waals surface area contributed by atoms with Crippen LogP contribution in [0.1, 0.15) is 35.4 Å². The van der Waals surface area contributed by atoms with E-state index in [0.717, 1.165) is 17.8 Å². The monoisotopic (exact) mass is 282 g/mol. The Morgan fingerprint density at radius 2 is 2.22 bits per heavy atom. The van der Waals surface area contributed by atoms with Crippen LogP contribution < -0.4 is 5.32 Å². The van der Waals surface area contributed by atoms with Crippen LogP contribution >= 0.6 is 22.9 Å². The highest BCUT2D eigenvalue weighted by molar-refractivity contribution is 7.17. The molecule has 0 saturated heterocycles. The molecule has 1 aromatic rings. The van der Waals surface area contributed by atoms with Crippen LogP contribution in [0.2, 0.25) is 4.47 Å². The van der Waals surface area contributed by atoms with Gasteiger partial charge in [-0.2, -0.15) is 0 Å². The van der Waals surface area contributed by atoms with Crippen molar-refractivity contribution in [2.75, 3.05) is 0 Å². The molecular formula is C13H15ClN2OS. The van der Waals surface area contributed by atoms with Crippen LogP contribution in [-0.4, -0.2) is 16.9 Å². The van der Waals surface area contributed by atoms with Gasteiger partial charge in [-0.25, -0.2) is 4.98 Å². The average molecular weight is 283 g/mol. The molecule has 5 heteroatoms. The van der Waals surface area contributed by atoms with E-state index in [9.17, 15) is 4.79 Å². The second-order valence-corrected chi connectivity index (χ2v) is 7.49. The maximum absolute atomic E-state index is 12.2. The Labute approximate surface area is 115 Å². The molecule has 1 N–H and O–H groups in total. The number of thiazole rings is 1. The minimum atomic E-state index is 0.0143. The maximum atomic E-state index is 12.2. The quantitative estimate of drug-likeness (QED) is 0.906. The van der Waals surface area contributed by atoms with Gasteiger partial charge in [0.05, 0.1) is 6.20 Å². The molecule has 5 rings (SSSR count). The van der Waals surface area contributed by atoms with E-state index in [2.05, 4.69) is 10.3 Å². The van der Waals surface area contributed by atoms with Crippen LogP contribution in [-0.2, 0) is 0 Å². The van der Waals surface area contributed by atoms with Gasteiger partial charge < -0.3 is 5.32 Å². The molecule has 1 heterocycles. The van der Waals surface area contributed by atoms with Crippen molar-refractivity contribution >= 4 is 28.8 Å². The maximum Gasteiger partial charge on any atom is 0.263 e. The van der Waals surface area contributed by atoms with Crippen LogP contribution in [0, 0.1) is 23.7 Å². The Morgan fingerprint density at radius 3 is 2.83 bits per heavy atom. The van der Waals surface area contributed by atoms with Gasteiger partial charge in [0, 0.05) is 6.04 Å². The predicted molar refractivity (Wildman–Crippen MR) is 70.8 cm³/mol. The summed E-state index contributed by atoms with van der Waals surface area (Å²) in [5.74, 6) is 3.34. The molecule has 4 aliphatic carbocycles. The predicted octanol–water partition coefficient (Wildman–Crippen LogP) is 2.96. The van der Waals surface area contributed by atoms with Crippen LogP contribution in [0.5, 0.6) is 0 Å². The lowest BCUT2D eigenvalue weighted by molar-refractivity contribution is -0.0946. The molecule has 1 aromatic heterocycles. The van der Waals surface area contributed by atoms with E-state index in [1.807, 2.05) is 0 Å². The fourth-order valence-corrected chi connectivity index (χ4v) is 5.22. The molecule has 0 aromatic carbocycles. The zero-order valence-corrected chi connectivity index (χ0v) is 11.5. The number of carbonyl (C=O) groups is 1. The first-order valence-corrected chi connectivity index (χ1v) is 7.84. The van der Waals surface area contributed by atoms with Crippen molar-refractivity contribution in [3.63, 3.8) is 0 Å². The summed E-state index contributed by atoms with van der Waals surface area (Å²) in [4.78, 5) is 16.7. The molecule has 18 heavy (non-hydrogen) atoms. The van der Waals surface area contributed by atoms with E-state index in [1.165, 1.54) is 37.0 Å². The zero-order chi connectivity index (χ0) is 12.3. The summed E-state index contributed by atoms with van der Waals surface area (Å²) >= 11 is 7.03. The van der Waals surface area contributed by atoms with Crippen molar-refractivity contribution in [3.05, 3.63) is 15.5 Å². The highest BCUT2D eigenvalue weighted by Gasteiger charge is 2.56. The molecule has 0 spiro atoms. The highest BCUT2D eigenvalue weighted by atomic mass is 35.5. The van der Waals surface area contributed by atoms with Crippen molar-refractivity contribution in [3.8, 4) is 0 Å². The van der Waals surface area contributed by atoms with E-state index in [0.29, 0.717) is 21.3 Å². The Bertz CT molecular complexity index is 499. The molecule has 4 saturated carbocycles. The minimum Gasteiger partial charge on any atom is -0.348 e. The number of aromatic nitrogens is 1. The summed E-state index contributed by atoms with van der Waals surface area (Å²) < 4.78 is 0.439. The van der Waals surface area contributed by atoms with Crippen LogP contribution in [0.25, 0.3) is 0 Å². The van der Waals surface area contributed by atoms with Gasteiger partial charge in [0.15, 0.2) is 4.47 Å². The van der Waals surface area contributed by atoms with E-state index >= 15 is 0 Å². The number of nitrogens with one attached hydrogen (secondary N) is 1. The first-order valence-electron chi connectivity index (χ1n) is 6.64. The molecule has 5 unspecified atom stereocenters. The second kappa shape index (κ2) is 3.94. The standard InChI is InChI=1S/C13H15ClN2OS/c14-13-15-5-10(18-13)12(17)16-11-6-1-2-8-7(3-6)4-9(8)11/h5-9,11H,1-4H2,(H,16,17). The van der Waals surface area contributed by atoms with Crippen LogP contribution in [0.4, 0.5) is 0 Å². The van der Waals surface area contributed by atoms with E-state index in [1.54, 1.807) is 6.20 Å². The number of hydrogen-bond acceptors (Lipinski definition) is 3. The van der Waals surface area contributed by atoms with Gasteiger partial charge in [-0.3, -0.25) is 4.79 Å². The van der Waals surface area contributed by atoms with Gasteiger partial charge >= 0.3 is 0 Å². The molecule has 0 radical (unpaired) electrons. The molecule has 4 bridgehead atoms. The minimum absolute atomic E-state index is 0.0143. The van der Waals surface area contributed by atoms with Crippen LogP contribution in [0.3, 0.4) is 0 Å². The first-order chi connectivity index (χ1) is 8.72. The fourth-order valence-electron chi connectivity index (χ4n) is 4.38. The Hall–Kier alpha value is -0.610. The molecular weight excluding hydrogens is 268 g/mol. The van der Waals surface area contributed by atoms with Crippen molar-refractivity contribution in [2.24, 2.45) is 23.7 Å². The number of carbonyl (C=O) groups excluding carboxylic acids is 1. The molecule has 3 nitrogen and oxygen atoms in total. The Kier molecular flexibility index (Phi) is 2.46. The summed E-state index contributed by atoms with van der Waals surface area (Å²) in [6.45, 7) is 0.